The van der Waals surface area contributed by atoms with Crippen LogP contribution in [0.2, 0.25) is 0 Å². The number of para-hydroxylation sites is 2. The van der Waals surface area contributed by atoms with Crippen molar-refractivity contribution in [2.24, 2.45) is 0 Å². The van der Waals surface area contributed by atoms with Gasteiger partial charge < -0.3 is 14.8 Å². The third-order valence-electron chi connectivity index (χ3n) is 3.62. The van der Waals surface area contributed by atoms with Gasteiger partial charge in [-0.3, -0.25) is 9.69 Å². The van der Waals surface area contributed by atoms with Crippen molar-refractivity contribution < 1.29 is 14.3 Å². The van der Waals surface area contributed by atoms with Gasteiger partial charge in [-0.05, 0) is 50.2 Å². The molecule has 1 aliphatic rings. The van der Waals surface area contributed by atoms with Gasteiger partial charge >= 0.3 is 0 Å². The molecule has 5 nitrogen and oxygen atoms in total. The lowest BCUT2D eigenvalue weighted by Gasteiger charge is -2.11. The van der Waals surface area contributed by atoms with Crippen LogP contribution in [0.3, 0.4) is 0 Å². The number of nitrogens with one attached hydrogen (secondary N) is 1. The minimum Gasteiger partial charge on any atom is -0.506 e. The van der Waals surface area contributed by atoms with E-state index < -0.39 is 0 Å². The minimum atomic E-state index is -0.357. The zero-order valence-electron chi connectivity index (χ0n) is 11.7. The number of hydrogen-bond donors (Lipinski definition) is 2. The van der Waals surface area contributed by atoms with Crippen molar-refractivity contribution >= 4 is 11.6 Å². The summed E-state index contributed by atoms with van der Waals surface area (Å²) in [4.78, 5) is 14.4. The molecule has 5 heteroatoms. The molecule has 2 N–H and O–H groups in total. The lowest BCUT2D eigenvalue weighted by atomic mass is 10.3. The third-order valence-corrected chi connectivity index (χ3v) is 3.62. The van der Waals surface area contributed by atoms with E-state index in [2.05, 4.69) is 10.2 Å². The lowest BCUT2D eigenvalue weighted by Crippen LogP contribution is -2.18. The number of phenols is 1. The molecule has 1 aromatic heterocycles. The zero-order chi connectivity index (χ0) is 14.7. The van der Waals surface area contributed by atoms with Gasteiger partial charge in [0, 0.05) is 0 Å². The molecule has 1 amide bonds. The highest BCUT2D eigenvalue weighted by Crippen LogP contribution is 2.23. The van der Waals surface area contributed by atoms with Crippen molar-refractivity contribution in [3.05, 3.63) is 47.9 Å². The van der Waals surface area contributed by atoms with E-state index in [1.165, 1.54) is 18.9 Å². The molecule has 1 aromatic carbocycles. The molecule has 1 aliphatic heterocycles. The molecule has 2 heterocycles. The molecule has 21 heavy (non-hydrogen) atoms. The first-order valence-corrected chi connectivity index (χ1v) is 7.13. The number of rotatable bonds is 4. The van der Waals surface area contributed by atoms with Crippen molar-refractivity contribution in [1.82, 2.24) is 4.90 Å². The molecule has 0 unspecified atom stereocenters. The normalized spacial score (nSPS) is 15.2. The predicted octanol–water partition coefficient (Wildman–Crippen LogP) is 2.83. The van der Waals surface area contributed by atoms with Gasteiger partial charge in [-0.2, -0.15) is 0 Å². The number of phenolic OH excluding ortho intramolecular Hbond substituents is 1. The Labute approximate surface area is 123 Å². The maximum atomic E-state index is 12.1. The van der Waals surface area contributed by atoms with Gasteiger partial charge in [0.15, 0.2) is 5.76 Å². The van der Waals surface area contributed by atoms with Gasteiger partial charge in [0.05, 0.1) is 12.2 Å². The van der Waals surface area contributed by atoms with Crippen molar-refractivity contribution in [3.63, 3.8) is 0 Å². The number of aromatic hydroxyl groups is 1. The van der Waals surface area contributed by atoms with E-state index >= 15 is 0 Å². The fourth-order valence-electron chi connectivity index (χ4n) is 2.51. The zero-order valence-corrected chi connectivity index (χ0v) is 11.7. The lowest BCUT2D eigenvalue weighted by molar-refractivity contribution is 0.0993. The largest absolute Gasteiger partial charge is 0.506 e. The maximum Gasteiger partial charge on any atom is 0.291 e. The topological polar surface area (TPSA) is 65.7 Å². The molecule has 0 radical (unpaired) electrons. The smallest absolute Gasteiger partial charge is 0.291 e. The molecule has 0 aliphatic carbocycles. The summed E-state index contributed by atoms with van der Waals surface area (Å²) in [6, 6.07) is 10.1. The number of carbonyl (C=O) groups excluding carboxylic acids is 1. The molecular formula is C16H18N2O3. The number of anilines is 1. The second kappa shape index (κ2) is 6.01. The van der Waals surface area contributed by atoms with Gasteiger partial charge in [-0.25, -0.2) is 0 Å². The summed E-state index contributed by atoms with van der Waals surface area (Å²) in [6.07, 6.45) is 2.45. The van der Waals surface area contributed by atoms with Gasteiger partial charge in [0.25, 0.3) is 5.91 Å². The average molecular weight is 286 g/mol. The second-order valence-electron chi connectivity index (χ2n) is 5.22. The molecule has 0 bridgehead atoms. The fraction of sp³-hybridized carbons (Fsp3) is 0.312. The molecular weight excluding hydrogens is 268 g/mol. The number of hydrogen-bond acceptors (Lipinski definition) is 4. The summed E-state index contributed by atoms with van der Waals surface area (Å²) in [5.41, 5.74) is 0.375. The molecule has 0 atom stereocenters. The Morgan fingerprint density at radius 3 is 2.71 bits per heavy atom. The first kappa shape index (κ1) is 13.7. The molecule has 1 fully saturated rings. The summed E-state index contributed by atoms with van der Waals surface area (Å²) in [5, 5.41) is 12.3. The molecule has 110 valence electrons. The Bertz CT molecular complexity index is 630. The van der Waals surface area contributed by atoms with Crippen LogP contribution >= 0.6 is 0 Å². The summed E-state index contributed by atoms with van der Waals surface area (Å²) < 4.78 is 5.58. The van der Waals surface area contributed by atoms with Crippen molar-refractivity contribution in [2.75, 3.05) is 18.4 Å². The highest BCUT2D eigenvalue weighted by molar-refractivity contribution is 6.03. The third kappa shape index (κ3) is 3.25. The van der Waals surface area contributed by atoms with E-state index in [1.807, 2.05) is 6.07 Å². The van der Waals surface area contributed by atoms with E-state index in [-0.39, 0.29) is 17.4 Å². The number of carbonyl (C=O) groups is 1. The SMILES string of the molecule is O=C(Nc1ccccc1O)c1ccc(CN2CCCC2)o1. The average Bonchev–Trinajstić information content (AvgIpc) is 3.13. The summed E-state index contributed by atoms with van der Waals surface area (Å²) in [6.45, 7) is 2.91. The maximum absolute atomic E-state index is 12.1. The summed E-state index contributed by atoms with van der Waals surface area (Å²) in [5.74, 6) is 0.727. The van der Waals surface area contributed by atoms with Crippen LogP contribution < -0.4 is 5.32 Å². The number of furan rings is 1. The molecule has 1 saturated heterocycles. The Morgan fingerprint density at radius 2 is 1.95 bits per heavy atom. The van der Waals surface area contributed by atoms with Gasteiger partial charge in [0.1, 0.15) is 11.5 Å². The van der Waals surface area contributed by atoms with E-state index in [1.54, 1.807) is 24.3 Å². The van der Waals surface area contributed by atoms with Crippen LogP contribution in [0, 0.1) is 0 Å². The van der Waals surface area contributed by atoms with Crippen LogP contribution in [0.5, 0.6) is 5.75 Å². The molecule has 2 aromatic rings. The van der Waals surface area contributed by atoms with Crippen molar-refractivity contribution in [3.8, 4) is 5.75 Å². The van der Waals surface area contributed by atoms with Crippen LogP contribution in [0.1, 0.15) is 29.2 Å². The van der Waals surface area contributed by atoms with E-state index in [0.29, 0.717) is 5.69 Å². The van der Waals surface area contributed by atoms with Crippen LogP contribution in [0.15, 0.2) is 40.8 Å². The van der Waals surface area contributed by atoms with Crippen LogP contribution in [-0.2, 0) is 6.54 Å². The number of benzene rings is 1. The Balaban J connectivity index is 1.65. The van der Waals surface area contributed by atoms with Gasteiger partial charge in [-0.1, -0.05) is 12.1 Å². The summed E-state index contributed by atoms with van der Waals surface area (Å²) >= 11 is 0. The van der Waals surface area contributed by atoms with E-state index in [4.69, 9.17) is 4.42 Å². The van der Waals surface area contributed by atoms with Crippen LogP contribution in [-0.4, -0.2) is 29.0 Å². The predicted molar refractivity (Wildman–Crippen MR) is 79.3 cm³/mol. The number of amides is 1. The Hall–Kier alpha value is -2.27. The molecule has 3 rings (SSSR count). The first-order valence-electron chi connectivity index (χ1n) is 7.13. The summed E-state index contributed by atoms with van der Waals surface area (Å²) in [7, 11) is 0. The second-order valence-corrected chi connectivity index (χ2v) is 5.22. The van der Waals surface area contributed by atoms with E-state index in [0.717, 1.165) is 25.4 Å². The number of likely N-dealkylation sites (tertiary alicyclic amines) is 1. The van der Waals surface area contributed by atoms with E-state index in [9.17, 15) is 9.90 Å². The molecule has 0 spiro atoms. The van der Waals surface area contributed by atoms with Gasteiger partial charge in [-0.15, -0.1) is 0 Å². The minimum absolute atomic E-state index is 0.0368. The van der Waals surface area contributed by atoms with Crippen molar-refractivity contribution in [2.45, 2.75) is 19.4 Å². The van der Waals surface area contributed by atoms with Crippen molar-refractivity contribution in [1.29, 1.82) is 0 Å². The number of nitrogens with zero attached hydrogens (tertiary/aromatic N) is 1. The fourth-order valence-corrected chi connectivity index (χ4v) is 2.51. The highest BCUT2D eigenvalue weighted by Gasteiger charge is 2.16. The Morgan fingerprint density at radius 1 is 1.19 bits per heavy atom. The monoisotopic (exact) mass is 286 g/mol. The van der Waals surface area contributed by atoms with Crippen LogP contribution in [0.4, 0.5) is 5.69 Å². The highest BCUT2D eigenvalue weighted by atomic mass is 16.4. The standard InChI is InChI=1S/C16H18N2O3/c19-14-6-2-1-5-13(14)17-16(20)15-8-7-12(21-15)11-18-9-3-4-10-18/h1-2,5-8,19H,3-4,9-11H2,(H,17,20). The first-order chi connectivity index (χ1) is 10.2. The van der Waals surface area contributed by atoms with Crippen LogP contribution in [0.25, 0.3) is 0 Å². The van der Waals surface area contributed by atoms with Gasteiger partial charge in [0.2, 0.25) is 0 Å². The Kier molecular flexibility index (Phi) is 3.92. The quantitative estimate of drug-likeness (QED) is 0.848. The molecule has 0 saturated carbocycles.